The zero-order chi connectivity index (χ0) is 11.4. The lowest BCUT2D eigenvalue weighted by Gasteiger charge is -2.18. The van der Waals surface area contributed by atoms with Gasteiger partial charge < -0.3 is 5.32 Å². The monoisotopic (exact) mass is 241 g/mol. The highest BCUT2D eigenvalue weighted by Crippen LogP contribution is 2.26. The molecule has 2 rings (SSSR count). The molecule has 3 nitrogen and oxygen atoms in total. The normalized spacial score (nSPS) is 25.1. The van der Waals surface area contributed by atoms with Crippen molar-refractivity contribution in [1.82, 2.24) is 15.1 Å². The quantitative estimate of drug-likeness (QED) is 0.799. The summed E-state index contributed by atoms with van der Waals surface area (Å²) < 4.78 is 1.94. The van der Waals surface area contributed by atoms with E-state index in [1.165, 1.54) is 25.0 Å². The van der Waals surface area contributed by atoms with Crippen molar-refractivity contribution in [2.75, 3.05) is 12.4 Å². The maximum atomic E-state index is 5.95. The summed E-state index contributed by atoms with van der Waals surface area (Å²) in [5, 5.41) is 7.79. The summed E-state index contributed by atoms with van der Waals surface area (Å²) in [7, 11) is 1.99. The largest absolute Gasteiger partial charge is 0.313 e. The Kier molecular flexibility index (Phi) is 4.24. The molecule has 0 aromatic carbocycles. The van der Waals surface area contributed by atoms with Gasteiger partial charge in [0, 0.05) is 43.8 Å². The van der Waals surface area contributed by atoms with Crippen LogP contribution in [0.3, 0.4) is 0 Å². The van der Waals surface area contributed by atoms with E-state index >= 15 is 0 Å². The van der Waals surface area contributed by atoms with Gasteiger partial charge in [-0.2, -0.15) is 5.10 Å². The highest BCUT2D eigenvalue weighted by atomic mass is 35.5. The second-order valence-corrected chi connectivity index (χ2v) is 4.91. The molecular weight excluding hydrogens is 222 g/mol. The van der Waals surface area contributed by atoms with Gasteiger partial charge in [0.2, 0.25) is 0 Å². The minimum absolute atomic E-state index is 0.630. The molecule has 2 atom stereocenters. The van der Waals surface area contributed by atoms with Gasteiger partial charge in [0.1, 0.15) is 0 Å². The lowest BCUT2D eigenvalue weighted by molar-refractivity contribution is 0.431. The molecule has 1 fully saturated rings. The molecule has 2 unspecified atom stereocenters. The molecule has 0 spiro atoms. The van der Waals surface area contributed by atoms with E-state index in [4.69, 9.17) is 11.6 Å². The molecule has 1 heterocycles. The molecule has 0 aliphatic heterocycles. The molecule has 0 radical (unpaired) electrons. The Balaban J connectivity index is 1.74. The van der Waals surface area contributed by atoms with Crippen molar-refractivity contribution in [3.8, 4) is 0 Å². The summed E-state index contributed by atoms with van der Waals surface area (Å²) in [5.41, 5.74) is 1.29. The van der Waals surface area contributed by atoms with Gasteiger partial charge in [0.25, 0.3) is 0 Å². The summed E-state index contributed by atoms with van der Waals surface area (Å²) in [5.74, 6) is 1.47. The first kappa shape index (κ1) is 11.9. The summed E-state index contributed by atoms with van der Waals surface area (Å²) in [6, 6.07) is 2.71. The van der Waals surface area contributed by atoms with E-state index < -0.39 is 0 Å². The summed E-state index contributed by atoms with van der Waals surface area (Å²) in [4.78, 5) is 0. The molecule has 16 heavy (non-hydrogen) atoms. The number of aryl methyl sites for hydroxylation is 1. The molecule has 0 amide bonds. The number of halogens is 1. The average Bonchev–Trinajstić information content (AvgIpc) is 2.88. The van der Waals surface area contributed by atoms with Crippen LogP contribution in [0, 0.1) is 5.92 Å². The van der Waals surface area contributed by atoms with Crippen LogP contribution in [-0.2, 0) is 13.5 Å². The van der Waals surface area contributed by atoms with Gasteiger partial charge in [-0.25, -0.2) is 0 Å². The number of nitrogens with one attached hydrogen (secondary N) is 1. The lowest BCUT2D eigenvalue weighted by Crippen LogP contribution is -2.34. The Morgan fingerprint density at radius 1 is 1.56 bits per heavy atom. The van der Waals surface area contributed by atoms with Crippen molar-refractivity contribution in [2.45, 2.75) is 31.7 Å². The third-order valence-electron chi connectivity index (χ3n) is 3.57. The van der Waals surface area contributed by atoms with Crippen molar-refractivity contribution in [3.63, 3.8) is 0 Å². The Labute approximate surface area is 102 Å². The van der Waals surface area contributed by atoms with E-state index in [1.54, 1.807) is 0 Å². The van der Waals surface area contributed by atoms with Crippen LogP contribution in [0.15, 0.2) is 12.3 Å². The molecule has 1 aliphatic carbocycles. The first-order valence-electron chi connectivity index (χ1n) is 6.07. The Bertz CT molecular complexity index is 324. The Hall–Kier alpha value is -0.540. The molecule has 1 aromatic rings. The minimum Gasteiger partial charge on any atom is -0.313 e. The summed E-state index contributed by atoms with van der Waals surface area (Å²) in [6.45, 7) is 1.03. The third kappa shape index (κ3) is 2.77. The van der Waals surface area contributed by atoms with E-state index in [9.17, 15) is 0 Å². The van der Waals surface area contributed by atoms with Crippen LogP contribution < -0.4 is 5.32 Å². The number of rotatable bonds is 5. The lowest BCUT2D eigenvalue weighted by atomic mass is 10.1. The van der Waals surface area contributed by atoms with Gasteiger partial charge in [0.05, 0.1) is 0 Å². The molecular formula is C12H20ClN3. The Morgan fingerprint density at radius 2 is 2.44 bits per heavy atom. The fourth-order valence-corrected chi connectivity index (χ4v) is 2.89. The van der Waals surface area contributed by atoms with Crippen molar-refractivity contribution in [2.24, 2.45) is 13.0 Å². The van der Waals surface area contributed by atoms with E-state index in [-0.39, 0.29) is 0 Å². The fourth-order valence-electron chi connectivity index (χ4n) is 2.52. The molecule has 0 saturated heterocycles. The molecule has 90 valence electrons. The molecule has 4 heteroatoms. The first-order chi connectivity index (χ1) is 7.81. The highest BCUT2D eigenvalue weighted by Gasteiger charge is 2.25. The molecule has 0 bridgehead atoms. The SMILES string of the molecule is Cn1nccc1CCNC1CCCC1CCl. The summed E-state index contributed by atoms with van der Waals surface area (Å²) >= 11 is 5.95. The van der Waals surface area contributed by atoms with E-state index in [0.717, 1.165) is 18.8 Å². The van der Waals surface area contributed by atoms with Crippen molar-refractivity contribution < 1.29 is 0 Å². The van der Waals surface area contributed by atoms with Crippen molar-refractivity contribution >= 4 is 11.6 Å². The van der Waals surface area contributed by atoms with E-state index in [1.807, 2.05) is 17.9 Å². The number of hydrogen-bond donors (Lipinski definition) is 1. The smallest absolute Gasteiger partial charge is 0.0492 e. The van der Waals surface area contributed by atoms with Crippen LogP contribution in [0.5, 0.6) is 0 Å². The fraction of sp³-hybridized carbons (Fsp3) is 0.750. The van der Waals surface area contributed by atoms with E-state index in [0.29, 0.717) is 12.0 Å². The summed E-state index contributed by atoms with van der Waals surface area (Å²) in [6.07, 6.45) is 6.78. The second kappa shape index (κ2) is 5.69. The Morgan fingerprint density at radius 3 is 3.12 bits per heavy atom. The zero-order valence-electron chi connectivity index (χ0n) is 9.82. The minimum atomic E-state index is 0.630. The second-order valence-electron chi connectivity index (χ2n) is 4.60. The highest BCUT2D eigenvalue weighted by molar-refractivity contribution is 6.18. The van der Waals surface area contributed by atoms with Gasteiger partial charge in [0.15, 0.2) is 0 Å². The topological polar surface area (TPSA) is 29.9 Å². The van der Waals surface area contributed by atoms with Crippen LogP contribution in [0.2, 0.25) is 0 Å². The van der Waals surface area contributed by atoms with E-state index in [2.05, 4.69) is 16.5 Å². The molecule has 1 aliphatic rings. The van der Waals surface area contributed by atoms with Crippen LogP contribution in [0.25, 0.3) is 0 Å². The third-order valence-corrected chi connectivity index (χ3v) is 3.96. The van der Waals surface area contributed by atoms with Gasteiger partial charge in [-0.3, -0.25) is 4.68 Å². The number of nitrogens with zero attached hydrogens (tertiary/aromatic N) is 2. The molecule has 1 N–H and O–H groups in total. The first-order valence-corrected chi connectivity index (χ1v) is 6.61. The average molecular weight is 242 g/mol. The number of aromatic nitrogens is 2. The zero-order valence-corrected chi connectivity index (χ0v) is 10.6. The maximum Gasteiger partial charge on any atom is 0.0492 e. The maximum absolute atomic E-state index is 5.95. The van der Waals surface area contributed by atoms with Gasteiger partial charge in [-0.15, -0.1) is 11.6 Å². The van der Waals surface area contributed by atoms with Crippen LogP contribution in [0.1, 0.15) is 25.0 Å². The molecule has 1 aromatic heterocycles. The number of alkyl halides is 1. The standard InChI is InChI=1S/C12H20ClN3/c1-16-11(6-8-15-16)5-7-14-12-4-2-3-10(12)9-13/h6,8,10,12,14H,2-5,7,9H2,1H3. The molecule has 1 saturated carbocycles. The van der Waals surface area contributed by atoms with Crippen LogP contribution >= 0.6 is 11.6 Å². The van der Waals surface area contributed by atoms with Gasteiger partial charge in [-0.1, -0.05) is 6.42 Å². The van der Waals surface area contributed by atoms with Crippen molar-refractivity contribution in [3.05, 3.63) is 18.0 Å². The predicted molar refractivity (Wildman–Crippen MR) is 66.8 cm³/mol. The van der Waals surface area contributed by atoms with Crippen molar-refractivity contribution in [1.29, 1.82) is 0 Å². The van der Waals surface area contributed by atoms with Gasteiger partial charge in [-0.05, 0) is 24.8 Å². The van der Waals surface area contributed by atoms with Crippen LogP contribution in [0.4, 0.5) is 0 Å². The number of hydrogen-bond acceptors (Lipinski definition) is 2. The predicted octanol–water partition coefficient (Wildman–Crippen LogP) is 1.96. The van der Waals surface area contributed by atoms with Crippen LogP contribution in [-0.4, -0.2) is 28.2 Å². The van der Waals surface area contributed by atoms with Gasteiger partial charge >= 0.3 is 0 Å².